The summed E-state index contributed by atoms with van der Waals surface area (Å²) < 4.78 is 31.4. The molecule has 3 aromatic rings. The zero-order valence-electron chi connectivity index (χ0n) is 13.4. The van der Waals surface area contributed by atoms with Crippen LogP contribution in [-0.2, 0) is 16.6 Å². The van der Waals surface area contributed by atoms with Crippen molar-refractivity contribution in [2.24, 2.45) is 0 Å². The first-order chi connectivity index (χ1) is 11.5. The second-order valence-electron chi connectivity index (χ2n) is 5.40. The SMILES string of the molecule is Cc1ccccc1-c1noc(CN(C)S(=O)(=O)c2ccccc2)n1. The molecule has 7 heteroatoms. The highest BCUT2D eigenvalue weighted by Gasteiger charge is 2.23. The Morgan fingerprint density at radius 3 is 2.42 bits per heavy atom. The second-order valence-corrected chi connectivity index (χ2v) is 7.45. The Morgan fingerprint density at radius 1 is 1.04 bits per heavy atom. The van der Waals surface area contributed by atoms with E-state index in [1.54, 1.807) is 30.3 Å². The molecule has 0 atom stereocenters. The minimum absolute atomic E-state index is 0.0100. The third-order valence-corrected chi connectivity index (χ3v) is 5.48. The van der Waals surface area contributed by atoms with Crippen LogP contribution in [0.15, 0.2) is 64.0 Å². The molecule has 0 fully saturated rings. The molecule has 0 saturated heterocycles. The summed E-state index contributed by atoms with van der Waals surface area (Å²) in [7, 11) is -2.11. The average Bonchev–Trinajstić information content (AvgIpc) is 3.04. The quantitative estimate of drug-likeness (QED) is 0.712. The summed E-state index contributed by atoms with van der Waals surface area (Å²) in [5.41, 5.74) is 1.89. The van der Waals surface area contributed by atoms with Crippen LogP contribution < -0.4 is 0 Å². The van der Waals surface area contributed by atoms with Crippen LogP contribution in [-0.4, -0.2) is 29.9 Å². The van der Waals surface area contributed by atoms with Gasteiger partial charge in [0.05, 0.1) is 11.4 Å². The highest BCUT2D eigenvalue weighted by atomic mass is 32.2. The number of hydrogen-bond acceptors (Lipinski definition) is 5. The van der Waals surface area contributed by atoms with E-state index in [0.717, 1.165) is 11.1 Å². The molecule has 0 aliphatic heterocycles. The zero-order chi connectivity index (χ0) is 17.2. The third kappa shape index (κ3) is 3.22. The number of sulfonamides is 1. The van der Waals surface area contributed by atoms with E-state index in [0.29, 0.717) is 5.82 Å². The Hall–Kier alpha value is -2.51. The number of hydrogen-bond donors (Lipinski definition) is 0. The van der Waals surface area contributed by atoms with E-state index in [1.807, 2.05) is 31.2 Å². The molecule has 0 amide bonds. The summed E-state index contributed by atoms with van der Waals surface area (Å²) in [6.07, 6.45) is 0. The van der Waals surface area contributed by atoms with Gasteiger partial charge in [-0.2, -0.15) is 9.29 Å². The van der Waals surface area contributed by atoms with E-state index in [-0.39, 0.29) is 17.3 Å². The third-order valence-electron chi connectivity index (χ3n) is 3.66. The van der Waals surface area contributed by atoms with E-state index < -0.39 is 10.0 Å². The normalized spacial score (nSPS) is 11.8. The van der Waals surface area contributed by atoms with Crippen LogP contribution in [0.3, 0.4) is 0 Å². The van der Waals surface area contributed by atoms with Crippen molar-refractivity contribution in [1.29, 1.82) is 0 Å². The van der Waals surface area contributed by atoms with Gasteiger partial charge in [-0.05, 0) is 24.6 Å². The van der Waals surface area contributed by atoms with Gasteiger partial charge in [0.2, 0.25) is 21.7 Å². The van der Waals surface area contributed by atoms with Crippen molar-refractivity contribution in [3.8, 4) is 11.4 Å². The molecule has 0 saturated carbocycles. The molecule has 1 heterocycles. The largest absolute Gasteiger partial charge is 0.338 e. The molecular formula is C17H17N3O3S. The lowest BCUT2D eigenvalue weighted by Gasteiger charge is -2.14. The topological polar surface area (TPSA) is 76.3 Å². The maximum atomic E-state index is 12.5. The number of benzene rings is 2. The van der Waals surface area contributed by atoms with Gasteiger partial charge in [0.15, 0.2) is 0 Å². The monoisotopic (exact) mass is 343 g/mol. The Balaban J connectivity index is 1.81. The number of rotatable bonds is 5. The van der Waals surface area contributed by atoms with E-state index in [1.165, 1.54) is 11.4 Å². The smallest absolute Gasteiger partial charge is 0.243 e. The first kappa shape index (κ1) is 16.4. The molecule has 0 aliphatic rings. The molecule has 24 heavy (non-hydrogen) atoms. The van der Waals surface area contributed by atoms with Crippen LogP contribution in [0.1, 0.15) is 11.5 Å². The second kappa shape index (κ2) is 6.54. The van der Waals surface area contributed by atoms with Crippen molar-refractivity contribution < 1.29 is 12.9 Å². The van der Waals surface area contributed by atoms with Crippen molar-refractivity contribution in [2.45, 2.75) is 18.4 Å². The fourth-order valence-corrected chi connectivity index (χ4v) is 3.44. The van der Waals surface area contributed by atoms with Gasteiger partial charge < -0.3 is 4.52 Å². The van der Waals surface area contributed by atoms with Gasteiger partial charge in [-0.15, -0.1) is 0 Å². The summed E-state index contributed by atoms with van der Waals surface area (Å²) in [4.78, 5) is 4.53. The number of aryl methyl sites for hydroxylation is 1. The molecule has 124 valence electrons. The van der Waals surface area contributed by atoms with Gasteiger partial charge in [-0.25, -0.2) is 8.42 Å². The fraction of sp³-hybridized carbons (Fsp3) is 0.176. The summed E-state index contributed by atoms with van der Waals surface area (Å²) in [5.74, 6) is 0.698. The lowest BCUT2D eigenvalue weighted by atomic mass is 10.1. The maximum absolute atomic E-state index is 12.5. The van der Waals surface area contributed by atoms with Gasteiger partial charge >= 0.3 is 0 Å². The lowest BCUT2D eigenvalue weighted by molar-refractivity contribution is 0.337. The van der Waals surface area contributed by atoms with Gasteiger partial charge in [0, 0.05) is 12.6 Å². The van der Waals surface area contributed by atoms with Gasteiger partial charge in [0.1, 0.15) is 0 Å². The van der Waals surface area contributed by atoms with Crippen molar-refractivity contribution in [3.05, 3.63) is 66.1 Å². The van der Waals surface area contributed by atoms with Crippen molar-refractivity contribution in [3.63, 3.8) is 0 Å². The number of nitrogens with zero attached hydrogens (tertiary/aromatic N) is 3. The maximum Gasteiger partial charge on any atom is 0.243 e. The lowest BCUT2D eigenvalue weighted by Crippen LogP contribution is -2.26. The molecule has 0 unspecified atom stereocenters. The van der Waals surface area contributed by atoms with E-state index in [9.17, 15) is 8.42 Å². The molecule has 0 aliphatic carbocycles. The van der Waals surface area contributed by atoms with Crippen LogP contribution in [0.4, 0.5) is 0 Å². The standard InChI is InChI=1S/C17H17N3O3S/c1-13-8-6-7-11-15(13)17-18-16(23-19-17)12-20(2)24(21,22)14-9-4-3-5-10-14/h3-11H,12H2,1-2H3. The van der Waals surface area contributed by atoms with E-state index >= 15 is 0 Å². The van der Waals surface area contributed by atoms with Crippen molar-refractivity contribution in [2.75, 3.05) is 7.05 Å². The van der Waals surface area contributed by atoms with E-state index in [2.05, 4.69) is 10.1 Å². The molecule has 0 bridgehead atoms. The molecule has 3 rings (SSSR count). The van der Waals surface area contributed by atoms with Crippen LogP contribution in [0, 0.1) is 6.92 Å². The average molecular weight is 343 g/mol. The first-order valence-corrected chi connectivity index (χ1v) is 8.82. The molecule has 1 aromatic heterocycles. The molecule has 6 nitrogen and oxygen atoms in total. The van der Waals surface area contributed by atoms with Crippen molar-refractivity contribution in [1.82, 2.24) is 14.4 Å². The minimum atomic E-state index is -3.60. The highest BCUT2D eigenvalue weighted by molar-refractivity contribution is 7.89. The predicted molar refractivity (Wildman–Crippen MR) is 89.6 cm³/mol. The first-order valence-electron chi connectivity index (χ1n) is 7.38. The Bertz CT molecular complexity index is 936. The Morgan fingerprint density at radius 2 is 1.71 bits per heavy atom. The molecule has 0 N–H and O–H groups in total. The van der Waals surface area contributed by atoms with Gasteiger partial charge in [0.25, 0.3) is 0 Å². The molecular weight excluding hydrogens is 326 g/mol. The molecule has 0 spiro atoms. The zero-order valence-corrected chi connectivity index (χ0v) is 14.2. The van der Waals surface area contributed by atoms with Gasteiger partial charge in [-0.1, -0.05) is 47.6 Å². The number of aromatic nitrogens is 2. The minimum Gasteiger partial charge on any atom is -0.338 e. The highest BCUT2D eigenvalue weighted by Crippen LogP contribution is 2.21. The van der Waals surface area contributed by atoms with Gasteiger partial charge in [-0.3, -0.25) is 0 Å². The summed E-state index contributed by atoms with van der Waals surface area (Å²) in [6.45, 7) is 1.97. The molecule has 0 radical (unpaired) electrons. The van der Waals surface area contributed by atoms with Crippen LogP contribution in [0.2, 0.25) is 0 Å². The molecule has 2 aromatic carbocycles. The van der Waals surface area contributed by atoms with Crippen LogP contribution >= 0.6 is 0 Å². The fourth-order valence-electron chi connectivity index (χ4n) is 2.30. The van der Waals surface area contributed by atoms with Crippen molar-refractivity contribution >= 4 is 10.0 Å². The summed E-state index contributed by atoms with van der Waals surface area (Å²) >= 11 is 0. The summed E-state index contributed by atoms with van der Waals surface area (Å²) in [6, 6.07) is 15.9. The van der Waals surface area contributed by atoms with E-state index in [4.69, 9.17) is 4.52 Å². The summed E-state index contributed by atoms with van der Waals surface area (Å²) in [5, 5.41) is 3.95. The Labute approximate surface area is 140 Å². The van der Waals surface area contributed by atoms with Crippen LogP contribution in [0.25, 0.3) is 11.4 Å². The predicted octanol–water partition coefficient (Wildman–Crippen LogP) is 2.87. The van der Waals surface area contributed by atoms with Crippen LogP contribution in [0.5, 0.6) is 0 Å². The Kier molecular flexibility index (Phi) is 4.46.